The van der Waals surface area contributed by atoms with E-state index >= 15 is 0 Å². The van der Waals surface area contributed by atoms with Gasteiger partial charge in [0.05, 0.1) is 6.61 Å². The quantitative estimate of drug-likeness (QED) is 0.602. The van der Waals surface area contributed by atoms with Gasteiger partial charge >= 0.3 is 6.03 Å². The van der Waals surface area contributed by atoms with Crippen molar-refractivity contribution in [3.05, 3.63) is 42.9 Å². The summed E-state index contributed by atoms with van der Waals surface area (Å²) in [6.45, 7) is 2.24. The molecule has 3 aromatic heterocycles. The average molecular weight is 354 g/mol. The molecule has 0 unspecified atom stereocenters. The number of hydrogen-bond acceptors (Lipinski definition) is 5. The Morgan fingerprint density at radius 2 is 1.96 bits per heavy atom. The predicted octanol–water partition coefficient (Wildman–Crippen LogP) is 1.83. The Bertz CT molecular complexity index is 849. The Hall–Kier alpha value is -3.00. The molecule has 2 amide bonds. The molecule has 26 heavy (non-hydrogen) atoms. The number of amides is 2. The number of carbonyl (C=O) groups is 1. The maximum atomic E-state index is 11.7. The summed E-state index contributed by atoms with van der Waals surface area (Å²) in [5.74, 6) is 0.852. The van der Waals surface area contributed by atoms with Gasteiger partial charge in [0, 0.05) is 50.9 Å². The van der Waals surface area contributed by atoms with Crippen LogP contribution in [-0.4, -0.2) is 52.4 Å². The van der Waals surface area contributed by atoms with Crippen molar-refractivity contribution in [2.24, 2.45) is 0 Å². The Balaban J connectivity index is 1.66. The number of imidazole rings is 1. The van der Waals surface area contributed by atoms with E-state index in [1.54, 1.807) is 25.7 Å². The molecule has 3 rings (SSSR count). The van der Waals surface area contributed by atoms with Gasteiger partial charge in [0.2, 0.25) is 0 Å². The van der Waals surface area contributed by atoms with Crippen LogP contribution in [0.4, 0.5) is 4.79 Å². The first-order chi connectivity index (χ1) is 12.8. The number of aryl methyl sites for hydroxylation is 1. The van der Waals surface area contributed by atoms with Crippen LogP contribution in [0.5, 0.6) is 0 Å². The van der Waals surface area contributed by atoms with E-state index in [4.69, 9.17) is 9.72 Å². The summed E-state index contributed by atoms with van der Waals surface area (Å²) in [5.41, 5.74) is 2.68. The molecule has 0 aliphatic heterocycles. The topological polar surface area (TPSA) is 94.0 Å². The number of nitrogens with one attached hydrogen (secondary N) is 2. The second-order valence-corrected chi connectivity index (χ2v) is 5.70. The molecule has 3 heterocycles. The zero-order chi connectivity index (χ0) is 18.2. The molecule has 0 saturated heterocycles. The van der Waals surface area contributed by atoms with Crippen LogP contribution in [-0.2, 0) is 11.3 Å². The monoisotopic (exact) mass is 354 g/mol. The van der Waals surface area contributed by atoms with E-state index in [0.29, 0.717) is 26.2 Å². The van der Waals surface area contributed by atoms with Gasteiger partial charge in [0.15, 0.2) is 5.65 Å². The van der Waals surface area contributed by atoms with E-state index in [9.17, 15) is 4.79 Å². The van der Waals surface area contributed by atoms with Crippen LogP contribution in [0.25, 0.3) is 22.6 Å². The third-order valence-electron chi connectivity index (χ3n) is 3.88. The number of rotatable bonds is 8. The Morgan fingerprint density at radius 1 is 1.15 bits per heavy atom. The van der Waals surface area contributed by atoms with Gasteiger partial charge in [-0.25, -0.2) is 14.8 Å². The molecular weight excluding hydrogens is 332 g/mol. The number of fused-ring (bicyclic) bond motifs is 1. The van der Waals surface area contributed by atoms with Gasteiger partial charge in [0.1, 0.15) is 11.3 Å². The molecule has 136 valence electrons. The second-order valence-electron chi connectivity index (χ2n) is 5.70. The van der Waals surface area contributed by atoms with Gasteiger partial charge in [-0.05, 0) is 30.7 Å². The van der Waals surface area contributed by atoms with Gasteiger partial charge in [-0.1, -0.05) is 0 Å². The van der Waals surface area contributed by atoms with Crippen LogP contribution in [0, 0.1) is 0 Å². The molecule has 0 saturated carbocycles. The predicted molar refractivity (Wildman–Crippen MR) is 98.7 cm³/mol. The molecule has 0 aromatic carbocycles. The summed E-state index contributed by atoms with van der Waals surface area (Å²) >= 11 is 0. The number of hydrogen-bond donors (Lipinski definition) is 2. The number of aromatic nitrogens is 4. The van der Waals surface area contributed by atoms with Gasteiger partial charge in [-0.3, -0.25) is 4.98 Å². The summed E-state index contributed by atoms with van der Waals surface area (Å²) < 4.78 is 6.98. The fourth-order valence-corrected chi connectivity index (χ4v) is 2.66. The van der Waals surface area contributed by atoms with Crippen LogP contribution < -0.4 is 10.6 Å². The summed E-state index contributed by atoms with van der Waals surface area (Å²) in [6.07, 6.45) is 6.02. The minimum Gasteiger partial charge on any atom is -0.383 e. The highest BCUT2D eigenvalue weighted by atomic mass is 16.5. The summed E-state index contributed by atoms with van der Waals surface area (Å²) in [5, 5.41) is 5.57. The Morgan fingerprint density at radius 3 is 2.77 bits per heavy atom. The summed E-state index contributed by atoms with van der Waals surface area (Å²) in [6, 6.07) is 7.50. The molecule has 2 N–H and O–H groups in total. The smallest absolute Gasteiger partial charge is 0.314 e. The van der Waals surface area contributed by atoms with Crippen LogP contribution in [0.15, 0.2) is 42.9 Å². The molecule has 0 bridgehead atoms. The van der Waals surface area contributed by atoms with Crippen molar-refractivity contribution >= 4 is 17.2 Å². The van der Waals surface area contributed by atoms with Crippen molar-refractivity contribution in [3.63, 3.8) is 0 Å². The lowest BCUT2D eigenvalue weighted by Crippen LogP contribution is -2.37. The molecule has 0 spiro atoms. The van der Waals surface area contributed by atoms with Crippen molar-refractivity contribution in [2.45, 2.75) is 13.0 Å². The largest absolute Gasteiger partial charge is 0.383 e. The molecule has 0 atom stereocenters. The standard InChI is InChI=1S/C18H22N6O2/c1-26-13-11-22-18(25)21-8-3-12-24-16(14-5-9-19-10-6-14)23-15-4-2-7-20-17(15)24/h2,4-7,9-10H,3,8,11-13H2,1H3,(H2,21,22,25). The van der Waals surface area contributed by atoms with Crippen molar-refractivity contribution in [3.8, 4) is 11.4 Å². The normalized spacial score (nSPS) is 10.8. The maximum Gasteiger partial charge on any atom is 0.314 e. The van der Waals surface area contributed by atoms with Crippen LogP contribution >= 0.6 is 0 Å². The molecule has 8 nitrogen and oxygen atoms in total. The number of ether oxygens (including phenoxy) is 1. The molecule has 0 aliphatic rings. The maximum absolute atomic E-state index is 11.7. The second kappa shape index (κ2) is 8.91. The number of carbonyl (C=O) groups excluding carboxylic acids is 1. The van der Waals surface area contributed by atoms with Gasteiger partial charge in [-0.15, -0.1) is 0 Å². The Labute approximate surface area is 151 Å². The van der Waals surface area contributed by atoms with E-state index in [1.807, 2.05) is 24.3 Å². The lowest BCUT2D eigenvalue weighted by Gasteiger charge is -2.10. The number of urea groups is 1. The molecule has 3 aromatic rings. The van der Waals surface area contributed by atoms with Crippen LogP contribution in [0.1, 0.15) is 6.42 Å². The lowest BCUT2D eigenvalue weighted by molar-refractivity contribution is 0.196. The first kappa shape index (κ1) is 17.8. The Kier molecular flexibility index (Phi) is 6.10. The van der Waals surface area contributed by atoms with Crippen molar-refractivity contribution in [2.75, 3.05) is 26.8 Å². The minimum absolute atomic E-state index is 0.190. The summed E-state index contributed by atoms with van der Waals surface area (Å²) in [7, 11) is 1.60. The van der Waals surface area contributed by atoms with Crippen LogP contribution in [0.2, 0.25) is 0 Å². The highest BCUT2D eigenvalue weighted by Gasteiger charge is 2.13. The summed E-state index contributed by atoms with van der Waals surface area (Å²) in [4.78, 5) is 24.9. The third-order valence-corrected chi connectivity index (χ3v) is 3.88. The molecule has 8 heteroatoms. The van der Waals surface area contributed by atoms with Crippen molar-refractivity contribution in [1.29, 1.82) is 0 Å². The van der Waals surface area contributed by atoms with Gasteiger partial charge in [-0.2, -0.15) is 0 Å². The third kappa shape index (κ3) is 4.34. The molecule has 0 radical (unpaired) electrons. The fourth-order valence-electron chi connectivity index (χ4n) is 2.66. The van der Waals surface area contributed by atoms with E-state index in [0.717, 1.165) is 29.0 Å². The van der Waals surface area contributed by atoms with Crippen molar-refractivity contribution in [1.82, 2.24) is 30.2 Å². The average Bonchev–Trinajstić information content (AvgIpc) is 3.05. The van der Waals surface area contributed by atoms with Gasteiger partial charge in [0.25, 0.3) is 0 Å². The fraction of sp³-hybridized carbons (Fsp3) is 0.333. The van der Waals surface area contributed by atoms with E-state index in [1.165, 1.54) is 0 Å². The van der Waals surface area contributed by atoms with Crippen molar-refractivity contribution < 1.29 is 9.53 Å². The SMILES string of the molecule is COCCNC(=O)NCCCn1c(-c2ccncc2)nc2cccnc21. The molecule has 0 aliphatic carbocycles. The number of methoxy groups -OCH3 is 1. The van der Waals surface area contributed by atoms with Crippen LogP contribution in [0.3, 0.4) is 0 Å². The van der Waals surface area contributed by atoms with Gasteiger partial charge < -0.3 is 19.9 Å². The first-order valence-electron chi connectivity index (χ1n) is 8.52. The lowest BCUT2D eigenvalue weighted by atomic mass is 10.2. The number of nitrogens with zero attached hydrogens (tertiary/aromatic N) is 4. The zero-order valence-electron chi connectivity index (χ0n) is 14.7. The highest BCUT2D eigenvalue weighted by Crippen LogP contribution is 2.23. The first-order valence-corrected chi connectivity index (χ1v) is 8.52. The van der Waals surface area contributed by atoms with E-state index in [2.05, 4.69) is 25.2 Å². The molecule has 0 fully saturated rings. The highest BCUT2D eigenvalue weighted by molar-refractivity contribution is 5.77. The van der Waals surface area contributed by atoms with E-state index in [-0.39, 0.29) is 6.03 Å². The molecular formula is C18H22N6O2. The minimum atomic E-state index is -0.190. The number of pyridine rings is 2. The zero-order valence-corrected chi connectivity index (χ0v) is 14.7. The van der Waals surface area contributed by atoms with E-state index < -0.39 is 0 Å².